The minimum absolute atomic E-state index is 0.201. The van der Waals surface area contributed by atoms with Crippen LogP contribution in [0.4, 0.5) is 5.82 Å². The van der Waals surface area contributed by atoms with Gasteiger partial charge in [0, 0.05) is 25.5 Å². The monoisotopic (exact) mass is 251 g/mol. The average molecular weight is 251 g/mol. The third-order valence-electron chi connectivity index (χ3n) is 3.17. The van der Waals surface area contributed by atoms with Gasteiger partial charge in [0.15, 0.2) is 5.82 Å². The second-order valence-electron chi connectivity index (χ2n) is 4.44. The molecule has 1 N–H and O–H groups in total. The van der Waals surface area contributed by atoms with E-state index in [1.54, 1.807) is 21.9 Å². The van der Waals surface area contributed by atoms with Crippen molar-refractivity contribution in [3.63, 3.8) is 0 Å². The van der Waals surface area contributed by atoms with Gasteiger partial charge < -0.3 is 14.6 Å². The van der Waals surface area contributed by atoms with Crippen LogP contribution in [0.3, 0.4) is 0 Å². The summed E-state index contributed by atoms with van der Waals surface area (Å²) in [6.07, 6.45) is 5.40. The van der Waals surface area contributed by atoms with Crippen LogP contribution in [0.25, 0.3) is 0 Å². The molecule has 1 atom stereocenters. The van der Waals surface area contributed by atoms with Gasteiger partial charge in [-0.3, -0.25) is 4.79 Å². The van der Waals surface area contributed by atoms with Gasteiger partial charge in [0.2, 0.25) is 0 Å². The number of carboxylic acid groups (broad SMARTS) is 1. The van der Waals surface area contributed by atoms with Crippen molar-refractivity contribution >= 4 is 11.8 Å². The molecule has 2 heterocycles. The molecule has 1 aliphatic heterocycles. The lowest BCUT2D eigenvalue weighted by atomic mass is 10.2. The van der Waals surface area contributed by atoms with Crippen molar-refractivity contribution in [2.75, 3.05) is 11.4 Å². The van der Waals surface area contributed by atoms with E-state index in [1.807, 2.05) is 6.92 Å². The Morgan fingerprint density at radius 2 is 2.39 bits per heavy atom. The Morgan fingerprint density at radius 1 is 1.61 bits per heavy atom. The maximum absolute atomic E-state index is 12.2. The minimum atomic E-state index is -0.889. The van der Waals surface area contributed by atoms with Crippen molar-refractivity contribution in [1.29, 1.82) is 0 Å². The maximum Gasteiger partial charge on any atom is 0.326 e. The predicted octanol–water partition coefficient (Wildman–Crippen LogP) is 0.707. The Morgan fingerprint density at radius 3 is 3.06 bits per heavy atom. The Kier molecular flexibility index (Phi) is 3.64. The highest BCUT2D eigenvalue weighted by Gasteiger charge is 2.33. The van der Waals surface area contributed by atoms with Crippen molar-refractivity contribution in [2.24, 2.45) is 0 Å². The number of carboxylic acids is 1. The highest BCUT2D eigenvalue weighted by Crippen LogP contribution is 2.21. The van der Waals surface area contributed by atoms with Crippen LogP contribution in [-0.4, -0.2) is 33.2 Å². The third-order valence-corrected chi connectivity index (χ3v) is 3.17. The molecule has 0 aromatic carbocycles. The van der Waals surface area contributed by atoms with E-state index in [9.17, 15) is 9.59 Å². The molecule has 2 rings (SSSR count). The first kappa shape index (κ1) is 12.6. The van der Waals surface area contributed by atoms with E-state index in [1.165, 1.54) is 0 Å². The van der Waals surface area contributed by atoms with E-state index in [-0.39, 0.29) is 11.4 Å². The quantitative estimate of drug-likeness (QED) is 0.852. The molecule has 18 heavy (non-hydrogen) atoms. The fourth-order valence-corrected chi connectivity index (χ4v) is 2.33. The molecule has 98 valence electrons. The standard InChI is InChI=1S/C12H17N3O3/c1-2-6-14-8-5-13-10(11(14)16)15-7-3-4-9(15)12(17)18/h5,8-9H,2-4,6-7H2,1H3,(H,17,18). The smallest absolute Gasteiger partial charge is 0.326 e. The van der Waals surface area contributed by atoms with Crippen molar-refractivity contribution in [2.45, 2.75) is 38.8 Å². The maximum atomic E-state index is 12.2. The van der Waals surface area contributed by atoms with Gasteiger partial charge in [-0.05, 0) is 19.3 Å². The second-order valence-corrected chi connectivity index (χ2v) is 4.44. The lowest BCUT2D eigenvalue weighted by Crippen LogP contribution is -2.40. The zero-order chi connectivity index (χ0) is 13.1. The molecule has 0 spiro atoms. The molecule has 6 heteroatoms. The van der Waals surface area contributed by atoms with E-state index in [4.69, 9.17) is 5.11 Å². The van der Waals surface area contributed by atoms with E-state index in [0.717, 1.165) is 12.8 Å². The number of aryl methyl sites for hydroxylation is 1. The molecule has 1 unspecified atom stereocenters. The molecule has 1 aliphatic rings. The number of carbonyl (C=O) groups is 1. The van der Waals surface area contributed by atoms with Crippen LogP contribution in [0.1, 0.15) is 26.2 Å². The first-order valence-electron chi connectivity index (χ1n) is 6.20. The Balaban J connectivity index is 2.36. The van der Waals surface area contributed by atoms with Gasteiger partial charge in [-0.2, -0.15) is 0 Å². The zero-order valence-corrected chi connectivity index (χ0v) is 10.4. The van der Waals surface area contributed by atoms with E-state index < -0.39 is 12.0 Å². The first-order chi connectivity index (χ1) is 8.65. The Bertz CT molecular complexity index is 498. The van der Waals surface area contributed by atoms with E-state index >= 15 is 0 Å². The normalized spacial score (nSPS) is 19.2. The van der Waals surface area contributed by atoms with Crippen LogP contribution in [0.2, 0.25) is 0 Å². The fourth-order valence-electron chi connectivity index (χ4n) is 2.33. The molecular weight excluding hydrogens is 234 g/mol. The summed E-state index contributed by atoms with van der Waals surface area (Å²) in [4.78, 5) is 29.0. The molecule has 1 saturated heterocycles. The lowest BCUT2D eigenvalue weighted by Gasteiger charge is -2.22. The van der Waals surface area contributed by atoms with Gasteiger partial charge in [0.05, 0.1) is 0 Å². The molecule has 1 aromatic heterocycles. The summed E-state index contributed by atoms with van der Waals surface area (Å²) in [5.74, 6) is -0.629. The van der Waals surface area contributed by atoms with Crippen molar-refractivity contribution in [3.8, 4) is 0 Å². The first-order valence-corrected chi connectivity index (χ1v) is 6.20. The molecule has 0 amide bonds. The van der Waals surface area contributed by atoms with Gasteiger partial charge >= 0.3 is 5.97 Å². The number of anilines is 1. The second kappa shape index (κ2) is 5.20. The van der Waals surface area contributed by atoms with Gasteiger partial charge in [0.1, 0.15) is 6.04 Å². The van der Waals surface area contributed by atoms with Gasteiger partial charge in [-0.25, -0.2) is 9.78 Å². The van der Waals surface area contributed by atoms with Crippen LogP contribution < -0.4 is 10.5 Å². The number of hydrogen-bond acceptors (Lipinski definition) is 4. The summed E-state index contributed by atoms with van der Waals surface area (Å²) < 4.78 is 1.58. The number of aliphatic carboxylic acids is 1. The summed E-state index contributed by atoms with van der Waals surface area (Å²) in [7, 11) is 0. The van der Waals surface area contributed by atoms with Gasteiger partial charge in [-0.15, -0.1) is 0 Å². The number of aromatic nitrogens is 2. The molecule has 1 fully saturated rings. The van der Waals surface area contributed by atoms with Gasteiger partial charge in [-0.1, -0.05) is 6.92 Å². The molecule has 0 saturated carbocycles. The molecule has 0 aliphatic carbocycles. The SMILES string of the molecule is CCCn1ccnc(N2CCCC2C(=O)O)c1=O. The molecule has 0 radical (unpaired) electrons. The summed E-state index contributed by atoms with van der Waals surface area (Å²) in [5, 5.41) is 9.13. The Hall–Kier alpha value is -1.85. The summed E-state index contributed by atoms with van der Waals surface area (Å²) in [5.41, 5.74) is -0.201. The number of rotatable bonds is 4. The fraction of sp³-hybridized carbons (Fsp3) is 0.583. The van der Waals surface area contributed by atoms with Crippen molar-refractivity contribution in [3.05, 3.63) is 22.7 Å². The van der Waals surface area contributed by atoms with Crippen LogP contribution in [0, 0.1) is 0 Å². The summed E-state index contributed by atoms with van der Waals surface area (Å²) >= 11 is 0. The van der Waals surface area contributed by atoms with Crippen molar-refractivity contribution < 1.29 is 9.90 Å². The zero-order valence-electron chi connectivity index (χ0n) is 10.4. The van der Waals surface area contributed by atoms with Crippen molar-refractivity contribution in [1.82, 2.24) is 9.55 Å². The van der Waals surface area contributed by atoms with Crippen LogP contribution in [-0.2, 0) is 11.3 Å². The predicted molar refractivity (Wildman–Crippen MR) is 66.8 cm³/mol. The summed E-state index contributed by atoms with van der Waals surface area (Å²) in [6, 6.07) is -0.623. The lowest BCUT2D eigenvalue weighted by molar-refractivity contribution is -0.138. The van der Waals surface area contributed by atoms with Gasteiger partial charge in [0.25, 0.3) is 5.56 Å². The highest BCUT2D eigenvalue weighted by molar-refractivity contribution is 5.78. The van der Waals surface area contributed by atoms with E-state index in [2.05, 4.69) is 4.98 Å². The number of nitrogens with zero attached hydrogens (tertiary/aromatic N) is 3. The Labute approximate surface area is 105 Å². The largest absolute Gasteiger partial charge is 0.480 e. The average Bonchev–Trinajstić information content (AvgIpc) is 2.81. The third kappa shape index (κ3) is 2.23. The molecule has 6 nitrogen and oxygen atoms in total. The minimum Gasteiger partial charge on any atom is -0.480 e. The van der Waals surface area contributed by atoms with E-state index in [0.29, 0.717) is 19.5 Å². The molecule has 1 aromatic rings. The molecule has 0 bridgehead atoms. The van der Waals surface area contributed by atoms with Crippen LogP contribution in [0.15, 0.2) is 17.2 Å². The number of hydrogen-bond donors (Lipinski definition) is 1. The van der Waals surface area contributed by atoms with Crippen LogP contribution >= 0.6 is 0 Å². The van der Waals surface area contributed by atoms with Crippen LogP contribution in [0.5, 0.6) is 0 Å². The molecular formula is C12H17N3O3. The summed E-state index contributed by atoms with van der Waals surface area (Å²) in [6.45, 7) is 3.19. The highest BCUT2D eigenvalue weighted by atomic mass is 16.4. The topological polar surface area (TPSA) is 75.4 Å².